The van der Waals surface area contributed by atoms with E-state index in [0.29, 0.717) is 0 Å². The number of sulfone groups is 1. The average molecular weight is 304 g/mol. The first kappa shape index (κ1) is 14.0. The standard InChI is InChI=1S/C12H10F2O3S2/c13-12(14)17-11-4-2-1-3-9(11)8-19(15,16)10-5-6-18-7-10/h1-7,12H,8H2. The summed E-state index contributed by atoms with van der Waals surface area (Å²) >= 11 is 1.26. The van der Waals surface area contributed by atoms with Gasteiger partial charge in [-0.05, 0) is 17.5 Å². The van der Waals surface area contributed by atoms with E-state index in [0.717, 1.165) is 0 Å². The van der Waals surface area contributed by atoms with Gasteiger partial charge < -0.3 is 4.74 Å². The van der Waals surface area contributed by atoms with Crippen LogP contribution in [-0.4, -0.2) is 15.0 Å². The molecule has 0 aliphatic carbocycles. The van der Waals surface area contributed by atoms with E-state index in [2.05, 4.69) is 4.74 Å². The van der Waals surface area contributed by atoms with Crippen LogP contribution in [0, 0.1) is 0 Å². The quantitative estimate of drug-likeness (QED) is 0.851. The lowest BCUT2D eigenvalue weighted by atomic mass is 10.2. The number of ether oxygens (including phenoxy) is 1. The lowest BCUT2D eigenvalue weighted by Crippen LogP contribution is -2.08. The first-order chi connectivity index (χ1) is 8.99. The number of rotatable bonds is 5. The Bertz CT molecular complexity index is 637. The van der Waals surface area contributed by atoms with Crippen molar-refractivity contribution < 1.29 is 21.9 Å². The van der Waals surface area contributed by atoms with Crippen LogP contribution in [0.3, 0.4) is 0 Å². The molecule has 0 fully saturated rings. The van der Waals surface area contributed by atoms with Gasteiger partial charge in [0.25, 0.3) is 0 Å². The minimum Gasteiger partial charge on any atom is -0.435 e. The highest BCUT2D eigenvalue weighted by atomic mass is 32.2. The maximum atomic E-state index is 12.2. The maximum absolute atomic E-state index is 12.2. The predicted octanol–water partition coefficient (Wildman–Crippen LogP) is 3.32. The fourth-order valence-corrected chi connectivity index (χ4v) is 4.00. The number of thiophene rings is 1. The summed E-state index contributed by atoms with van der Waals surface area (Å²) in [4.78, 5) is 0.185. The van der Waals surface area contributed by atoms with E-state index >= 15 is 0 Å². The molecule has 0 unspecified atom stereocenters. The van der Waals surface area contributed by atoms with Crippen LogP contribution in [0.4, 0.5) is 8.78 Å². The van der Waals surface area contributed by atoms with Crippen molar-refractivity contribution in [2.24, 2.45) is 0 Å². The van der Waals surface area contributed by atoms with Crippen molar-refractivity contribution in [3.63, 3.8) is 0 Å². The molecule has 1 aromatic carbocycles. The van der Waals surface area contributed by atoms with E-state index in [1.165, 1.54) is 41.0 Å². The van der Waals surface area contributed by atoms with Crippen molar-refractivity contribution >= 4 is 21.2 Å². The van der Waals surface area contributed by atoms with Crippen molar-refractivity contribution in [3.8, 4) is 5.75 Å². The van der Waals surface area contributed by atoms with Crippen LogP contribution in [0.1, 0.15) is 5.56 Å². The van der Waals surface area contributed by atoms with Gasteiger partial charge in [0.1, 0.15) is 5.75 Å². The summed E-state index contributed by atoms with van der Waals surface area (Å²) in [6, 6.07) is 7.36. The third kappa shape index (κ3) is 3.51. The normalized spacial score (nSPS) is 11.7. The number of halogens is 2. The average Bonchev–Trinajstić information content (AvgIpc) is 2.85. The molecule has 102 valence electrons. The molecule has 19 heavy (non-hydrogen) atoms. The van der Waals surface area contributed by atoms with Gasteiger partial charge in [-0.2, -0.15) is 20.1 Å². The van der Waals surface area contributed by atoms with Gasteiger partial charge >= 0.3 is 6.61 Å². The van der Waals surface area contributed by atoms with E-state index in [1.54, 1.807) is 11.4 Å². The fraction of sp³-hybridized carbons (Fsp3) is 0.167. The van der Waals surface area contributed by atoms with Crippen LogP contribution in [0.2, 0.25) is 0 Å². The zero-order chi connectivity index (χ0) is 13.9. The molecular formula is C12H10F2O3S2. The maximum Gasteiger partial charge on any atom is 0.387 e. The predicted molar refractivity (Wildman–Crippen MR) is 68.3 cm³/mol. The molecule has 0 spiro atoms. The summed E-state index contributed by atoms with van der Waals surface area (Å²) in [5.74, 6) is -0.483. The van der Waals surface area contributed by atoms with Crippen LogP contribution >= 0.6 is 11.3 Å². The number of alkyl halides is 2. The molecule has 0 bridgehead atoms. The van der Waals surface area contributed by atoms with Crippen LogP contribution in [-0.2, 0) is 15.6 Å². The molecule has 7 heteroatoms. The lowest BCUT2D eigenvalue weighted by Gasteiger charge is -2.10. The third-order valence-electron chi connectivity index (χ3n) is 2.39. The first-order valence-corrected chi connectivity index (χ1v) is 7.86. The molecule has 0 amide bonds. The number of hydrogen-bond acceptors (Lipinski definition) is 4. The Morgan fingerprint density at radius 1 is 1.21 bits per heavy atom. The molecule has 2 rings (SSSR count). The monoisotopic (exact) mass is 304 g/mol. The number of para-hydroxylation sites is 1. The van der Waals surface area contributed by atoms with Crippen LogP contribution in [0.5, 0.6) is 5.75 Å². The summed E-state index contributed by atoms with van der Waals surface area (Å²) in [6.45, 7) is -2.98. The number of hydrogen-bond donors (Lipinski definition) is 0. The van der Waals surface area contributed by atoms with E-state index in [9.17, 15) is 17.2 Å². The minimum atomic E-state index is -3.54. The molecule has 1 aromatic heterocycles. The second-order valence-corrected chi connectivity index (χ2v) is 6.47. The van der Waals surface area contributed by atoms with Gasteiger partial charge in [-0.3, -0.25) is 0 Å². The Kier molecular flexibility index (Phi) is 4.16. The molecule has 0 saturated heterocycles. The highest BCUT2D eigenvalue weighted by Gasteiger charge is 2.19. The van der Waals surface area contributed by atoms with Gasteiger partial charge in [0.15, 0.2) is 9.84 Å². The van der Waals surface area contributed by atoms with Gasteiger partial charge in [-0.25, -0.2) is 8.42 Å². The van der Waals surface area contributed by atoms with Crippen molar-refractivity contribution in [2.45, 2.75) is 17.3 Å². The Morgan fingerprint density at radius 3 is 2.58 bits per heavy atom. The Labute approximate surface area is 113 Å². The smallest absolute Gasteiger partial charge is 0.387 e. The zero-order valence-electron chi connectivity index (χ0n) is 9.62. The van der Waals surface area contributed by atoms with Gasteiger partial charge in [0.2, 0.25) is 0 Å². The van der Waals surface area contributed by atoms with E-state index in [-0.39, 0.29) is 22.0 Å². The van der Waals surface area contributed by atoms with E-state index in [1.807, 2.05) is 0 Å². The highest BCUT2D eigenvalue weighted by Crippen LogP contribution is 2.26. The Morgan fingerprint density at radius 2 is 1.95 bits per heavy atom. The van der Waals surface area contributed by atoms with E-state index < -0.39 is 16.4 Å². The summed E-state index contributed by atoms with van der Waals surface area (Å²) in [5.41, 5.74) is 0.217. The van der Waals surface area contributed by atoms with Crippen LogP contribution < -0.4 is 4.74 Å². The largest absolute Gasteiger partial charge is 0.435 e. The second kappa shape index (κ2) is 5.66. The first-order valence-electron chi connectivity index (χ1n) is 5.27. The molecule has 0 radical (unpaired) electrons. The molecule has 0 aliphatic heterocycles. The third-order valence-corrected chi connectivity index (χ3v) is 4.88. The van der Waals surface area contributed by atoms with Crippen molar-refractivity contribution in [3.05, 3.63) is 46.7 Å². The molecule has 0 atom stereocenters. The molecule has 2 aromatic rings. The minimum absolute atomic E-state index is 0.115. The van der Waals surface area contributed by atoms with E-state index in [4.69, 9.17) is 0 Å². The molecule has 3 nitrogen and oxygen atoms in total. The summed E-state index contributed by atoms with van der Waals surface area (Å²) < 4.78 is 52.9. The number of benzene rings is 1. The van der Waals surface area contributed by atoms with Crippen LogP contribution in [0.25, 0.3) is 0 Å². The SMILES string of the molecule is O=S(=O)(Cc1ccccc1OC(F)F)c1ccsc1. The topological polar surface area (TPSA) is 43.4 Å². The molecule has 1 heterocycles. The van der Waals surface area contributed by atoms with Gasteiger partial charge in [0, 0.05) is 10.9 Å². The Balaban J connectivity index is 2.29. The summed E-state index contributed by atoms with van der Waals surface area (Å²) in [5, 5.41) is 3.15. The van der Waals surface area contributed by atoms with Crippen molar-refractivity contribution in [1.29, 1.82) is 0 Å². The molecule has 0 saturated carbocycles. The summed E-state index contributed by atoms with van der Waals surface area (Å²) in [7, 11) is -3.54. The van der Waals surface area contributed by atoms with Gasteiger partial charge in [-0.1, -0.05) is 18.2 Å². The molecular weight excluding hydrogens is 294 g/mol. The fourth-order valence-electron chi connectivity index (χ4n) is 1.55. The second-order valence-electron chi connectivity index (χ2n) is 3.70. The zero-order valence-corrected chi connectivity index (χ0v) is 11.3. The van der Waals surface area contributed by atoms with Gasteiger partial charge in [-0.15, -0.1) is 0 Å². The highest BCUT2D eigenvalue weighted by molar-refractivity contribution is 7.90. The van der Waals surface area contributed by atoms with Crippen molar-refractivity contribution in [2.75, 3.05) is 0 Å². The molecule has 0 aliphatic rings. The summed E-state index contributed by atoms with van der Waals surface area (Å²) in [6.07, 6.45) is 0. The molecule has 0 N–H and O–H groups in total. The van der Waals surface area contributed by atoms with Crippen LogP contribution in [0.15, 0.2) is 46.0 Å². The Hall–Kier alpha value is -1.47. The van der Waals surface area contributed by atoms with Gasteiger partial charge in [0.05, 0.1) is 10.6 Å². The lowest BCUT2D eigenvalue weighted by molar-refractivity contribution is -0.0503. The van der Waals surface area contributed by atoms with Crippen molar-refractivity contribution in [1.82, 2.24) is 0 Å².